The lowest BCUT2D eigenvalue weighted by molar-refractivity contribution is 0.549. The highest BCUT2D eigenvalue weighted by molar-refractivity contribution is 9.10. The van der Waals surface area contributed by atoms with Gasteiger partial charge in [-0.15, -0.1) is 0 Å². The van der Waals surface area contributed by atoms with E-state index in [1.807, 2.05) is 17.9 Å². The number of nitrogens with zero attached hydrogens (tertiary/aromatic N) is 2. The first-order chi connectivity index (χ1) is 8.69. The Hall–Kier alpha value is -1.13. The van der Waals surface area contributed by atoms with Crippen molar-refractivity contribution in [3.05, 3.63) is 52.3 Å². The molecule has 0 aliphatic carbocycles. The van der Waals surface area contributed by atoms with Gasteiger partial charge in [0.2, 0.25) is 0 Å². The fraction of sp³-hybridized carbons (Fsp3) is 0.357. The van der Waals surface area contributed by atoms with Gasteiger partial charge in [0.1, 0.15) is 0 Å². The minimum atomic E-state index is 0.318. The van der Waals surface area contributed by atoms with Crippen LogP contribution < -0.4 is 5.32 Å². The van der Waals surface area contributed by atoms with Crippen molar-refractivity contribution in [3.63, 3.8) is 0 Å². The molecule has 3 nitrogen and oxygen atoms in total. The zero-order chi connectivity index (χ0) is 13.0. The number of aromatic nitrogens is 2. The van der Waals surface area contributed by atoms with Crippen molar-refractivity contribution in [1.82, 2.24) is 15.1 Å². The van der Waals surface area contributed by atoms with E-state index in [0.29, 0.717) is 6.04 Å². The van der Waals surface area contributed by atoms with Crippen LogP contribution in [0.2, 0.25) is 0 Å². The summed E-state index contributed by atoms with van der Waals surface area (Å²) in [7, 11) is 1.95. The molecule has 0 saturated carbocycles. The van der Waals surface area contributed by atoms with Crippen LogP contribution in [-0.4, -0.2) is 16.3 Å². The summed E-state index contributed by atoms with van der Waals surface area (Å²) >= 11 is 3.51. The minimum absolute atomic E-state index is 0.318. The summed E-state index contributed by atoms with van der Waals surface area (Å²) in [5.41, 5.74) is 2.55. The molecule has 4 heteroatoms. The molecule has 0 bridgehead atoms. The van der Waals surface area contributed by atoms with Gasteiger partial charge in [-0.2, -0.15) is 5.10 Å². The molecule has 1 N–H and O–H groups in total. The van der Waals surface area contributed by atoms with Crippen molar-refractivity contribution in [2.75, 3.05) is 6.54 Å². The fourth-order valence-electron chi connectivity index (χ4n) is 2.07. The van der Waals surface area contributed by atoms with Gasteiger partial charge in [0.25, 0.3) is 0 Å². The van der Waals surface area contributed by atoms with Gasteiger partial charge in [-0.05, 0) is 30.7 Å². The minimum Gasteiger partial charge on any atom is -0.310 e. The summed E-state index contributed by atoms with van der Waals surface area (Å²) in [5, 5.41) is 7.76. The Morgan fingerprint density at radius 1 is 1.44 bits per heavy atom. The van der Waals surface area contributed by atoms with Crippen LogP contribution in [0.25, 0.3) is 0 Å². The summed E-state index contributed by atoms with van der Waals surface area (Å²) in [6.07, 6.45) is 4.98. The summed E-state index contributed by atoms with van der Waals surface area (Å²) in [6, 6.07) is 8.77. The Kier molecular flexibility index (Phi) is 4.55. The first-order valence-corrected chi connectivity index (χ1v) is 6.94. The van der Waals surface area contributed by atoms with Crippen LogP contribution in [0, 0.1) is 0 Å². The van der Waals surface area contributed by atoms with E-state index in [9.17, 15) is 0 Å². The van der Waals surface area contributed by atoms with E-state index in [1.54, 1.807) is 0 Å². The monoisotopic (exact) mass is 307 g/mol. The van der Waals surface area contributed by atoms with Crippen LogP contribution in [0.3, 0.4) is 0 Å². The normalized spacial score (nSPS) is 12.6. The van der Waals surface area contributed by atoms with Crippen molar-refractivity contribution in [1.29, 1.82) is 0 Å². The SMILES string of the molecule is CCNC(Cc1cccc(Br)c1)c1cnn(C)c1. The van der Waals surface area contributed by atoms with Crippen molar-refractivity contribution < 1.29 is 0 Å². The van der Waals surface area contributed by atoms with E-state index in [1.165, 1.54) is 11.1 Å². The van der Waals surface area contributed by atoms with Crippen LogP contribution in [0.1, 0.15) is 24.1 Å². The zero-order valence-corrected chi connectivity index (χ0v) is 12.3. The summed E-state index contributed by atoms with van der Waals surface area (Å²) in [4.78, 5) is 0. The van der Waals surface area contributed by atoms with Crippen LogP contribution in [0.15, 0.2) is 41.1 Å². The highest BCUT2D eigenvalue weighted by Gasteiger charge is 2.12. The van der Waals surface area contributed by atoms with Gasteiger partial charge in [0.15, 0.2) is 0 Å². The molecule has 18 heavy (non-hydrogen) atoms. The van der Waals surface area contributed by atoms with E-state index in [0.717, 1.165) is 17.4 Å². The Morgan fingerprint density at radius 2 is 2.28 bits per heavy atom. The maximum absolute atomic E-state index is 4.25. The molecule has 1 heterocycles. The average Bonchev–Trinajstić information content (AvgIpc) is 2.75. The molecular formula is C14H18BrN3. The second-order valence-corrected chi connectivity index (χ2v) is 5.31. The highest BCUT2D eigenvalue weighted by atomic mass is 79.9. The maximum atomic E-state index is 4.25. The first kappa shape index (κ1) is 13.3. The summed E-state index contributed by atoms with van der Waals surface area (Å²) in [6.45, 7) is 3.08. The summed E-state index contributed by atoms with van der Waals surface area (Å²) < 4.78 is 2.97. The third-order valence-electron chi connectivity index (χ3n) is 2.91. The third-order valence-corrected chi connectivity index (χ3v) is 3.40. The van der Waals surface area contributed by atoms with E-state index in [2.05, 4.69) is 63.7 Å². The lowest BCUT2D eigenvalue weighted by Gasteiger charge is -2.16. The van der Waals surface area contributed by atoms with Crippen molar-refractivity contribution in [2.24, 2.45) is 7.05 Å². The largest absolute Gasteiger partial charge is 0.310 e. The molecule has 96 valence electrons. The molecule has 0 spiro atoms. The molecule has 0 radical (unpaired) electrons. The standard InChI is InChI=1S/C14H18BrN3/c1-3-16-14(12-9-17-18(2)10-12)8-11-5-4-6-13(15)7-11/h4-7,9-10,14,16H,3,8H2,1-2H3. The average molecular weight is 308 g/mol. The van der Waals surface area contributed by atoms with Crippen LogP contribution in [0.5, 0.6) is 0 Å². The van der Waals surface area contributed by atoms with Gasteiger partial charge in [-0.25, -0.2) is 0 Å². The maximum Gasteiger partial charge on any atom is 0.0537 e. The number of aryl methyl sites for hydroxylation is 1. The molecular weight excluding hydrogens is 290 g/mol. The second-order valence-electron chi connectivity index (χ2n) is 4.39. The Morgan fingerprint density at radius 3 is 2.89 bits per heavy atom. The molecule has 0 amide bonds. The van der Waals surface area contributed by atoms with Gasteiger partial charge < -0.3 is 5.32 Å². The third kappa shape index (κ3) is 3.43. The molecule has 1 aromatic carbocycles. The van der Waals surface area contributed by atoms with E-state index in [4.69, 9.17) is 0 Å². The topological polar surface area (TPSA) is 29.9 Å². The van der Waals surface area contributed by atoms with E-state index < -0.39 is 0 Å². The number of hydrogen-bond donors (Lipinski definition) is 1. The van der Waals surface area contributed by atoms with E-state index in [-0.39, 0.29) is 0 Å². The second kappa shape index (κ2) is 6.16. The number of nitrogens with one attached hydrogen (secondary N) is 1. The van der Waals surface area contributed by atoms with Gasteiger partial charge >= 0.3 is 0 Å². The van der Waals surface area contributed by atoms with Crippen molar-refractivity contribution in [2.45, 2.75) is 19.4 Å². The van der Waals surface area contributed by atoms with Gasteiger partial charge in [0.05, 0.1) is 6.20 Å². The van der Waals surface area contributed by atoms with Crippen LogP contribution >= 0.6 is 15.9 Å². The predicted molar refractivity (Wildman–Crippen MR) is 77.5 cm³/mol. The molecule has 2 rings (SSSR count). The zero-order valence-electron chi connectivity index (χ0n) is 10.7. The Labute approximate surface area is 116 Å². The van der Waals surface area contributed by atoms with E-state index >= 15 is 0 Å². The lowest BCUT2D eigenvalue weighted by atomic mass is 10.0. The fourth-order valence-corrected chi connectivity index (χ4v) is 2.52. The molecule has 0 aliphatic rings. The van der Waals surface area contributed by atoms with Gasteiger partial charge in [-0.1, -0.05) is 35.0 Å². The highest BCUT2D eigenvalue weighted by Crippen LogP contribution is 2.20. The smallest absolute Gasteiger partial charge is 0.0537 e. The molecule has 0 saturated heterocycles. The predicted octanol–water partition coefficient (Wildman–Crippen LogP) is 3.08. The first-order valence-electron chi connectivity index (χ1n) is 6.15. The van der Waals surface area contributed by atoms with Crippen molar-refractivity contribution in [3.8, 4) is 0 Å². The number of benzene rings is 1. The molecule has 0 fully saturated rings. The number of hydrogen-bond acceptors (Lipinski definition) is 2. The molecule has 1 atom stereocenters. The Balaban J connectivity index is 2.16. The summed E-state index contributed by atoms with van der Waals surface area (Å²) in [5.74, 6) is 0. The van der Waals surface area contributed by atoms with Crippen LogP contribution in [-0.2, 0) is 13.5 Å². The Bertz CT molecular complexity index is 507. The van der Waals surface area contributed by atoms with Gasteiger partial charge in [-0.3, -0.25) is 4.68 Å². The molecule has 0 aliphatic heterocycles. The lowest BCUT2D eigenvalue weighted by Crippen LogP contribution is -2.22. The molecule has 1 aromatic heterocycles. The van der Waals surface area contributed by atoms with Crippen LogP contribution in [0.4, 0.5) is 0 Å². The molecule has 1 unspecified atom stereocenters. The number of likely N-dealkylation sites (N-methyl/N-ethyl adjacent to an activating group) is 1. The quantitative estimate of drug-likeness (QED) is 0.920. The number of halogens is 1. The van der Waals surface area contributed by atoms with Gasteiger partial charge in [0, 0.05) is 29.3 Å². The molecule has 2 aromatic rings. The number of rotatable bonds is 5. The van der Waals surface area contributed by atoms with Crippen molar-refractivity contribution >= 4 is 15.9 Å².